The van der Waals surface area contributed by atoms with E-state index >= 15 is 0 Å². The van der Waals surface area contributed by atoms with Crippen molar-refractivity contribution in [1.82, 2.24) is 4.90 Å². The molecular formula is C16H19NO4. The number of nitrogens with zero attached hydrogens (tertiary/aromatic N) is 1. The summed E-state index contributed by atoms with van der Waals surface area (Å²) in [5.74, 6) is -0.920. The van der Waals surface area contributed by atoms with Crippen LogP contribution in [-0.2, 0) is 16.1 Å². The number of carbonyl (C=O) groups excluding carboxylic acids is 1. The van der Waals surface area contributed by atoms with Crippen LogP contribution in [0.1, 0.15) is 24.8 Å². The molecule has 3 rings (SSSR count). The molecular weight excluding hydrogens is 270 g/mol. The van der Waals surface area contributed by atoms with Crippen LogP contribution in [-0.4, -0.2) is 34.7 Å². The van der Waals surface area contributed by atoms with Gasteiger partial charge < -0.3 is 14.7 Å². The van der Waals surface area contributed by atoms with Gasteiger partial charge in [-0.15, -0.1) is 0 Å². The predicted octanol–water partition coefficient (Wildman–Crippen LogP) is 2.51. The monoisotopic (exact) mass is 289 g/mol. The smallest absolute Gasteiger partial charge is 0.410 e. The fraction of sp³-hybridized carbons (Fsp3) is 0.500. The van der Waals surface area contributed by atoms with Gasteiger partial charge in [0, 0.05) is 12.6 Å². The first-order chi connectivity index (χ1) is 10.2. The summed E-state index contributed by atoms with van der Waals surface area (Å²) in [6, 6.07) is 9.59. The van der Waals surface area contributed by atoms with Gasteiger partial charge in [0.05, 0.1) is 5.92 Å². The lowest BCUT2D eigenvalue weighted by atomic mass is 10.1. The third-order valence-corrected chi connectivity index (χ3v) is 4.39. The topological polar surface area (TPSA) is 66.8 Å². The van der Waals surface area contributed by atoms with Crippen LogP contribution in [0.2, 0.25) is 0 Å². The number of hydrogen-bond donors (Lipinski definition) is 1. The van der Waals surface area contributed by atoms with Gasteiger partial charge in [0.15, 0.2) is 0 Å². The van der Waals surface area contributed by atoms with Crippen molar-refractivity contribution in [3.63, 3.8) is 0 Å². The molecule has 1 aromatic carbocycles. The first-order valence-electron chi connectivity index (χ1n) is 7.37. The van der Waals surface area contributed by atoms with E-state index in [2.05, 4.69) is 0 Å². The van der Waals surface area contributed by atoms with Crippen LogP contribution in [0, 0.1) is 11.8 Å². The summed E-state index contributed by atoms with van der Waals surface area (Å²) in [5.41, 5.74) is 0.955. The summed E-state index contributed by atoms with van der Waals surface area (Å²) >= 11 is 0. The highest BCUT2D eigenvalue weighted by Gasteiger charge is 2.51. The minimum Gasteiger partial charge on any atom is -0.481 e. The lowest BCUT2D eigenvalue weighted by molar-refractivity contribution is -0.139. The lowest BCUT2D eigenvalue weighted by Crippen LogP contribution is -2.37. The maximum atomic E-state index is 12.2. The fourth-order valence-electron chi connectivity index (χ4n) is 3.19. The van der Waals surface area contributed by atoms with Crippen LogP contribution in [0.25, 0.3) is 0 Å². The minimum absolute atomic E-state index is 0.0365. The molecule has 1 saturated carbocycles. The van der Waals surface area contributed by atoms with Crippen molar-refractivity contribution in [3.8, 4) is 0 Å². The van der Waals surface area contributed by atoms with Crippen LogP contribution >= 0.6 is 0 Å². The zero-order valence-corrected chi connectivity index (χ0v) is 11.8. The third kappa shape index (κ3) is 3.01. The van der Waals surface area contributed by atoms with Crippen molar-refractivity contribution in [1.29, 1.82) is 0 Å². The van der Waals surface area contributed by atoms with Crippen molar-refractivity contribution in [2.45, 2.75) is 31.9 Å². The predicted molar refractivity (Wildman–Crippen MR) is 75.6 cm³/mol. The average molecular weight is 289 g/mol. The second-order valence-electron chi connectivity index (χ2n) is 5.79. The number of aliphatic carboxylic acids is 1. The molecule has 1 aliphatic heterocycles. The van der Waals surface area contributed by atoms with E-state index in [4.69, 9.17) is 9.84 Å². The molecule has 2 fully saturated rings. The average Bonchev–Trinajstić information content (AvgIpc) is 3.15. The highest BCUT2D eigenvalue weighted by Crippen LogP contribution is 2.46. The molecule has 0 radical (unpaired) electrons. The van der Waals surface area contributed by atoms with Gasteiger partial charge in [-0.25, -0.2) is 4.79 Å². The fourth-order valence-corrected chi connectivity index (χ4v) is 3.19. The molecule has 1 saturated heterocycles. The number of carboxylic acids is 1. The standard InChI is InChI=1S/C16H19NO4/c18-15(19)13-9-12(13)14-7-4-8-17(14)16(20)21-10-11-5-2-1-3-6-11/h1-3,5-6,12-14H,4,7-10H2,(H,18,19). The SMILES string of the molecule is O=C(O)C1CC1C1CCCN1C(=O)OCc1ccccc1. The number of benzene rings is 1. The number of carboxylic acid groups (broad SMARTS) is 1. The Bertz CT molecular complexity index is 530. The van der Waals surface area contributed by atoms with Crippen LogP contribution in [0.15, 0.2) is 30.3 Å². The first kappa shape index (κ1) is 13.9. The van der Waals surface area contributed by atoms with Crippen molar-refractivity contribution in [2.24, 2.45) is 11.8 Å². The Morgan fingerprint density at radius 3 is 2.71 bits per heavy atom. The highest BCUT2D eigenvalue weighted by molar-refractivity contribution is 5.74. The maximum Gasteiger partial charge on any atom is 0.410 e. The number of rotatable bonds is 4. The summed E-state index contributed by atoms with van der Waals surface area (Å²) in [6.07, 6.45) is 2.17. The van der Waals surface area contributed by atoms with Crippen molar-refractivity contribution in [3.05, 3.63) is 35.9 Å². The highest BCUT2D eigenvalue weighted by atomic mass is 16.6. The molecule has 1 aromatic rings. The zero-order valence-electron chi connectivity index (χ0n) is 11.8. The van der Waals surface area contributed by atoms with Crippen LogP contribution in [0.5, 0.6) is 0 Å². The molecule has 5 nitrogen and oxygen atoms in total. The molecule has 5 heteroatoms. The minimum atomic E-state index is -0.746. The normalized spacial score (nSPS) is 27.4. The second kappa shape index (κ2) is 5.76. The van der Waals surface area contributed by atoms with E-state index in [1.54, 1.807) is 4.90 Å². The summed E-state index contributed by atoms with van der Waals surface area (Å²) in [5, 5.41) is 9.03. The van der Waals surface area contributed by atoms with Crippen LogP contribution in [0.3, 0.4) is 0 Å². The van der Waals surface area contributed by atoms with Gasteiger partial charge in [-0.3, -0.25) is 4.79 Å². The van der Waals surface area contributed by atoms with E-state index in [1.807, 2.05) is 30.3 Å². The molecule has 112 valence electrons. The molecule has 0 aromatic heterocycles. The van der Waals surface area contributed by atoms with Gasteiger partial charge in [0.2, 0.25) is 0 Å². The summed E-state index contributed by atoms with van der Waals surface area (Å²) in [6.45, 7) is 0.928. The molecule has 3 unspecified atom stereocenters. The third-order valence-electron chi connectivity index (χ3n) is 4.39. The molecule has 0 spiro atoms. The van der Waals surface area contributed by atoms with Gasteiger partial charge in [-0.2, -0.15) is 0 Å². The van der Waals surface area contributed by atoms with Gasteiger partial charge in [-0.1, -0.05) is 30.3 Å². The summed E-state index contributed by atoms with van der Waals surface area (Å²) < 4.78 is 5.36. The van der Waals surface area contributed by atoms with E-state index in [9.17, 15) is 9.59 Å². The Morgan fingerprint density at radius 2 is 2.05 bits per heavy atom. The number of hydrogen-bond acceptors (Lipinski definition) is 3. The van der Waals surface area contributed by atoms with E-state index in [-0.39, 0.29) is 30.6 Å². The number of ether oxygens (including phenoxy) is 1. The lowest BCUT2D eigenvalue weighted by Gasteiger charge is -2.24. The molecule has 0 bridgehead atoms. The van der Waals surface area contributed by atoms with Crippen LogP contribution < -0.4 is 0 Å². The Kier molecular flexibility index (Phi) is 3.82. The molecule has 2 aliphatic rings. The second-order valence-corrected chi connectivity index (χ2v) is 5.79. The molecule has 1 aliphatic carbocycles. The number of amides is 1. The first-order valence-corrected chi connectivity index (χ1v) is 7.37. The largest absolute Gasteiger partial charge is 0.481 e. The molecule has 1 amide bonds. The Balaban J connectivity index is 1.55. The van der Waals surface area contributed by atoms with E-state index in [0.29, 0.717) is 13.0 Å². The van der Waals surface area contributed by atoms with Crippen molar-refractivity contribution in [2.75, 3.05) is 6.54 Å². The summed E-state index contributed by atoms with van der Waals surface area (Å²) in [4.78, 5) is 24.9. The van der Waals surface area contributed by atoms with E-state index < -0.39 is 5.97 Å². The van der Waals surface area contributed by atoms with E-state index in [0.717, 1.165) is 18.4 Å². The quantitative estimate of drug-likeness (QED) is 0.924. The van der Waals surface area contributed by atoms with Gasteiger partial charge in [0.25, 0.3) is 0 Å². The molecule has 3 atom stereocenters. The van der Waals surface area contributed by atoms with Crippen molar-refractivity contribution >= 4 is 12.1 Å². The maximum absolute atomic E-state index is 12.2. The molecule has 1 heterocycles. The van der Waals surface area contributed by atoms with E-state index in [1.165, 1.54) is 0 Å². The van der Waals surface area contributed by atoms with Crippen LogP contribution in [0.4, 0.5) is 4.79 Å². The van der Waals surface area contributed by atoms with Gasteiger partial charge in [-0.05, 0) is 30.7 Å². The number of carbonyl (C=O) groups is 2. The summed E-state index contributed by atoms with van der Waals surface area (Å²) in [7, 11) is 0. The Hall–Kier alpha value is -2.04. The molecule has 1 N–H and O–H groups in total. The zero-order chi connectivity index (χ0) is 14.8. The van der Waals surface area contributed by atoms with Crippen molar-refractivity contribution < 1.29 is 19.4 Å². The molecule has 21 heavy (non-hydrogen) atoms. The Morgan fingerprint density at radius 1 is 1.29 bits per heavy atom. The van der Waals surface area contributed by atoms with Gasteiger partial charge >= 0.3 is 12.1 Å². The van der Waals surface area contributed by atoms with Gasteiger partial charge in [0.1, 0.15) is 6.61 Å². The number of likely N-dealkylation sites (tertiary alicyclic amines) is 1. The Labute approximate surface area is 123 Å².